The van der Waals surface area contributed by atoms with Gasteiger partial charge < -0.3 is 4.74 Å². The molecule has 0 aliphatic carbocycles. The highest BCUT2D eigenvalue weighted by atomic mass is 127. The molecule has 5 heteroatoms. The van der Waals surface area contributed by atoms with Crippen molar-refractivity contribution in [1.29, 1.82) is 0 Å². The lowest BCUT2D eigenvalue weighted by atomic mass is 10.2. The van der Waals surface area contributed by atoms with Gasteiger partial charge in [0.2, 0.25) is 0 Å². The summed E-state index contributed by atoms with van der Waals surface area (Å²) in [4.78, 5) is 0.385. The summed E-state index contributed by atoms with van der Waals surface area (Å²) in [7, 11) is -1.61. The Kier molecular flexibility index (Phi) is 5.20. The first-order chi connectivity index (χ1) is 7.45. The van der Waals surface area contributed by atoms with Gasteiger partial charge in [0, 0.05) is 11.0 Å². The number of rotatable bonds is 5. The summed E-state index contributed by atoms with van der Waals surface area (Å²) in [5, 5.41) is 0. The molecule has 0 fully saturated rings. The zero-order valence-corrected chi connectivity index (χ0v) is 12.3. The maximum atomic E-state index is 12.0. The van der Waals surface area contributed by atoms with E-state index in [1.54, 1.807) is 19.2 Å². The van der Waals surface area contributed by atoms with Gasteiger partial charge in [0.15, 0.2) is 9.84 Å². The van der Waals surface area contributed by atoms with Crippen molar-refractivity contribution in [2.75, 3.05) is 19.5 Å². The van der Waals surface area contributed by atoms with Crippen molar-refractivity contribution in [1.82, 2.24) is 0 Å². The Bertz CT molecular complexity index is 425. The summed E-state index contributed by atoms with van der Waals surface area (Å²) in [5.41, 5.74) is 1.06. The molecule has 0 heterocycles. The van der Waals surface area contributed by atoms with Gasteiger partial charge in [-0.2, -0.15) is 0 Å². The Morgan fingerprint density at radius 1 is 1.31 bits per heavy atom. The van der Waals surface area contributed by atoms with Crippen molar-refractivity contribution in [3.05, 3.63) is 29.8 Å². The van der Waals surface area contributed by atoms with E-state index in [4.69, 9.17) is 4.74 Å². The first-order valence-electron chi connectivity index (χ1n) is 4.88. The molecule has 1 atom stereocenters. The second-order valence-electron chi connectivity index (χ2n) is 3.65. The molecule has 0 amide bonds. The van der Waals surface area contributed by atoms with E-state index in [1.807, 2.05) is 19.1 Å². The lowest BCUT2D eigenvalue weighted by Crippen LogP contribution is -2.20. The fraction of sp³-hybridized carbons (Fsp3) is 0.455. The summed E-state index contributed by atoms with van der Waals surface area (Å²) in [6.45, 7) is 2.38. The second-order valence-corrected chi connectivity index (χ2v) is 7.44. The number of hydrogen-bond acceptors (Lipinski definition) is 3. The first-order valence-corrected chi connectivity index (χ1v) is 7.78. The van der Waals surface area contributed by atoms with Crippen LogP contribution in [0.15, 0.2) is 29.2 Å². The molecule has 1 unspecified atom stereocenters. The normalized spacial score (nSPS) is 13.7. The highest BCUT2D eigenvalue weighted by Crippen LogP contribution is 2.16. The van der Waals surface area contributed by atoms with Crippen LogP contribution in [-0.4, -0.2) is 31.8 Å². The molecule has 0 aliphatic rings. The Balaban J connectivity index is 2.82. The van der Waals surface area contributed by atoms with Crippen LogP contribution in [0.4, 0.5) is 0 Å². The second kappa shape index (κ2) is 5.97. The van der Waals surface area contributed by atoms with E-state index >= 15 is 0 Å². The summed E-state index contributed by atoms with van der Waals surface area (Å²) in [6.07, 6.45) is 0. The van der Waals surface area contributed by atoms with Crippen molar-refractivity contribution in [3.8, 4) is 0 Å². The van der Waals surface area contributed by atoms with Crippen LogP contribution < -0.4 is 0 Å². The molecule has 0 aromatic heterocycles. The van der Waals surface area contributed by atoms with Crippen LogP contribution in [0.1, 0.15) is 5.56 Å². The highest BCUT2D eigenvalue weighted by molar-refractivity contribution is 14.1. The van der Waals surface area contributed by atoms with Crippen LogP contribution in [0.2, 0.25) is 0 Å². The van der Waals surface area contributed by atoms with Crippen LogP contribution in [0, 0.1) is 6.92 Å². The number of alkyl halides is 1. The summed E-state index contributed by atoms with van der Waals surface area (Å²) in [6, 6.07) is 6.93. The van der Waals surface area contributed by atoms with E-state index in [-0.39, 0.29) is 9.68 Å². The van der Waals surface area contributed by atoms with Gasteiger partial charge in [0.1, 0.15) is 0 Å². The maximum Gasteiger partial charge on any atom is 0.179 e. The third kappa shape index (κ3) is 4.03. The molecular formula is C11H15IO3S. The fourth-order valence-electron chi connectivity index (χ4n) is 1.31. The minimum Gasteiger partial charge on any atom is -0.384 e. The molecule has 1 aromatic carbocycles. The Hall–Kier alpha value is -0.140. The van der Waals surface area contributed by atoms with E-state index < -0.39 is 9.84 Å². The molecule has 1 aromatic rings. The van der Waals surface area contributed by atoms with Gasteiger partial charge in [-0.3, -0.25) is 0 Å². The molecule has 0 saturated heterocycles. The van der Waals surface area contributed by atoms with Crippen LogP contribution in [-0.2, 0) is 14.6 Å². The number of hydrogen-bond donors (Lipinski definition) is 0. The van der Waals surface area contributed by atoms with Gasteiger partial charge in [0.05, 0.1) is 17.3 Å². The summed E-state index contributed by atoms with van der Waals surface area (Å²) in [5.74, 6) is 0.116. The van der Waals surface area contributed by atoms with Gasteiger partial charge in [-0.1, -0.05) is 40.3 Å². The molecule has 90 valence electrons. The van der Waals surface area contributed by atoms with E-state index in [2.05, 4.69) is 22.6 Å². The van der Waals surface area contributed by atoms with E-state index in [9.17, 15) is 8.42 Å². The number of benzene rings is 1. The maximum absolute atomic E-state index is 12.0. The zero-order valence-electron chi connectivity index (χ0n) is 9.31. The minimum absolute atomic E-state index is 0.0195. The van der Waals surface area contributed by atoms with Crippen molar-refractivity contribution in [3.63, 3.8) is 0 Å². The number of aryl methyl sites for hydroxylation is 1. The topological polar surface area (TPSA) is 43.4 Å². The molecule has 0 bridgehead atoms. The Morgan fingerprint density at radius 2 is 1.88 bits per heavy atom. The third-order valence-electron chi connectivity index (χ3n) is 2.13. The highest BCUT2D eigenvalue weighted by Gasteiger charge is 2.19. The van der Waals surface area contributed by atoms with Gasteiger partial charge in [-0.25, -0.2) is 8.42 Å². The fourth-order valence-corrected chi connectivity index (χ4v) is 4.40. The van der Waals surface area contributed by atoms with Crippen LogP contribution in [0.3, 0.4) is 0 Å². The van der Waals surface area contributed by atoms with Crippen molar-refractivity contribution in [2.24, 2.45) is 0 Å². The quantitative estimate of drug-likeness (QED) is 0.602. The number of sulfone groups is 1. The monoisotopic (exact) mass is 354 g/mol. The molecule has 0 N–H and O–H groups in total. The lowest BCUT2D eigenvalue weighted by Gasteiger charge is -2.09. The molecule has 0 spiro atoms. The van der Waals surface area contributed by atoms with Gasteiger partial charge in [-0.05, 0) is 19.1 Å². The van der Waals surface area contributed by atoms with Crippen LogP contribution in [0.5, 0.6) is 0 Å². The average molecular weight is 354 g/mol. The molecule has 16 heavy (non-hydrogen) atoms. The lowest BCUT2D eigenvalue weighted by molar-refractivity contribution is 0.206. The predicted molar refractivity (Wildman–Crippen MR) is 72.9 cm³/mol. The molecular weight excluding hydrogens is 339 g/mol. The molecule has 1 rings (SSSR count). The smallest absolute Gasteiger partial charge is 0.179 e. The Labute approximate surface area is 110 Å². The summed E-state index contributed by atoms with van der Waals surface area (Å²) < 4.78 is 28.8. The average Bonchev–Trinajstić information content (AvgIpc) is 2.17. The van der Waals surface area contributed by atoms with Gasteiger partial charge in [-0.15, -0.1) is 0 Å². The third-order valence-corrected chi connectivity index (χ3v) is 5.36. The standard InChI is InChI=1S/C11H15IO3S/c1-9-3-5-11(6-4-9)16(13,14)8-10(12)7-15-2/h3-6,10H,7-8H2,1-2H3. The van der Waals surface area contributed by atoms with E-state index in [1.165, 1.54) is 0 Å². The number of halogens is 1. The predicted octanol–water partition coefficient (Wildman–Crippen LogP) is 2.22. The zero-order chi connectivity index (χ0) is 12.2. The van der Waals surface area contributed by atoms with Gasteiger partial charge in [0.25, 0.3) is 0 Å². The molecule has 0 radical (unpaired) electrons. The number of methoxy groups -OCH3 is 1. The Morgan fingerprint density at radius 3 is 2.38 bits per heavy atom. The van der Waals surface area contributed by atoms with Gasteiger partial charge >= 0.3 is 0 Å². The van der Waals surface area contributed by atoms with E-state index in [0.717, 1.165) is 5.56 Å². The number of ether oxygens (including phenoxy) is 1. The van der Waals surface area contributed by atoms with Crippen molar-refractivity contribution >= 4 is 32.4 Å². The largest absolute Gasteiger partial charge is 0.384 e. The van der Waals surface area contributed by atoms with Crippen molar-refractivity contribution < 1.29 is 13.2 Å². The first kappa shape index (κ1) is 13.9. The van der Waals surface area contributed by atoms with Crippen LogP contribution >= 0.6 is 22.6 Å². The van der Waals surface area contributed by atoms with Crippen LogP contribution in [0.25, 0.3) is 0 Å². The SMILES string of the molecule is COCC(I)CS(=O)(=O)c1ccc(C)cc1. The molecule has 0 saturated carbocycles. The molecule has 3 nitrogen and oxygen atoms in total. The van der Waals surface area contributed by atoms with Crippen molar-refractivity contribution in [2.45, 2.75) is 15.7 Å². The summed E-state index contributed by atoms with van der Waals surface area (Å²) >= 11 is 2.10. The minimum atomic E-state index is -3.19. The van der Waals surface area contributed by atoms with E-state index in [0.29, 0.717) is 11.5 Å². The molecule has 0 aliphatic heterocycles.